The highest BCUT2D eigenvalue weighted by atomic mass is 79.9. The fraction of sp³-hybridized carbons (Fsp3) is 0.143. The molecule has 1 N–H and O–H groups in total. The van der Waals surface area contributed by atoms with Crippen molar-refractivity contribution in [3.63, 3.8) is 0 Å². The van der Waals surface area contributed by atoms with E-state index in [0.29, 0.717) is 34.3 Å². The van der Waals surface area contributed by atoms with Crippen molar-refractivity contribution >= 4 is 33.2 Å². The normalized spacial score (nSPS) is 12.6. The molecule has 1 aliphatic heterocycles. The standard InChI is InChI=1S/C14H10BrClFNO2/c15-9-1-2-11(17)8(3-9)6-18-12-5-14-13(4-10(12)16)19-7-20-14/h1-5,18H,6-7H2. The highest BCUT2D eigenvalue weighted by Gasteiger charge is 2.16. The summed E-state index contributed by atoms with van der Waals surface area (Å²) >= 11 is 9.46. The summed E-state index contributed by atoms with van der Waals surface area (Å²) in [5.74, 6) is 0.985. The van der Waals surface area contributed by atoms with Gasteiger partial charge in [0.05, 0.1) is 10.7 Å². The Balaban J connectivity index is 1.80. The molecule has 0 aliphatic carbocycles. The molecule has 0 saturated carbocycles. The maximum Gasteiger partial charge on any atom is 0.231 e. The van der Waals surface area contributed by atoms with E-state index in [0.717, 1.165) is 4.47 Å². The summed E-state index contributed by atoms with van der Waals surface area (Å²) < 4.78 is 25.0. The number of anilines is 1. The zero-order valence-electron chi connectivity index (χ0n) is 10.3. The second-order valence-electron chi connectivity index (χ2n) is 4.27. The Morgan fingerprint density at radius 3 is 2.75 bits per heavy atom. The third kappa shape index (κ3) is 2.69. The van der Waals surface area contributed by atoms with Gasteiger partial charge in [-0.05, 0) is 18.2 Å². The molecule has 0 amide bonds. The van der Waals surface area contributed by atoms with Crippen LogP contribution in [0.25, 0.3) is 0 Å². The minimum Gasteiger partial charge on any atom is -0.454 e. The average molecular weight is 359 g/mol. The molecule has 1 heterocycles. The van der Waals surface area contributed by atoms with Crippen LogP contribution in [-0.2, 0) is 6.54 Å². The van der Waals surface area contributed by atoms with Crippen LogP contribution in [0.3, 0.4) is 0 Å². The molecule has 0 bridgehead atoms. The van der Waals surface area contributed by atoms with Gasteiger partial charge in [0.1, 0.15) is 5.82 Å². The molecule has 0 radical (unpaired) electrons. The quantitative estimate of drug-likeness (QED) is 0.871. The smallest absolute Gasteiger partial charge is 0.231 e. The summed E-state index contributed by atoms with van der Waals surface area (Å²) in [6.45, 7) is 0.514. The number of hydrogen-bond acceptors (Lipinski definition) is 3. The number of hydrogen-bond donors (Lipinski definition) is 1. The molecular formula is C14H10BrClFNO2. The number of halogens is 3. The fourth-order valence-corrected chi connectivity index (χ4v) is 2.55. The molecule has 2 aromatic rings. The second-order valence-corrected chi connectivity index (χ2v) is 5.60. The van der Waals surface area contributed by atoms with Gasteiger partial charge >= 0.3 is 0 Å². The van der Waals surface area contributed by atoms with Crippen molar-refractivity contribution in [3.8, 4) is 11.5 Å². The van der Waals surface area contributed by atoms with Crippen LogP contribution in [0.2, 0.25) is 5.02 Å². The Hall–Kier alpha value is -1.46. The molecular weight excluding hydrogens is 349 g/mol. The van der Waals surface area contributed by atoms with E-state index in [4.69, 9.17) is 21.1 Å². The van der Waals surface area contributed by atoms with Gasteiger partial charge in [0.25, 0.3) is 0 Å². The number of fused-ring (bicyclic) bond motifs is 1. The van der Waals surface area contributed by atoms with Gasteiger partial charge in [-0.3, -0.25) is 0 Å². The first-order valence-electron chi connectivity index (χ1n) is 5.90. The Morgan fingerprint density at radius 1 is 1.20 bits per heavy atom. The molecule has 0 aromatic heterocycles. The fourth-order valence-electron chi connectivity index (χ4n) is 1.92. The first-order chi connectivity index (χ1) is 9.63. The molecule has 6 heteroatoms. The SMILES string of the molecule is Fc1ccc(Br)cc1CNc1cc2c(cc1Cl)OCO2. The van der Waals surface area contributed by atoms with E-state index >= 15 is 0 Å². The third-order valence-electron chi connectivity index (χ3n) is 2.94. The Morgan fingerprint density at radius 2 is 1.95 bits per heavy atom. The lowest BCUT2D eigenvalue weighted by Gasteiger charge is -2.10. The molecule has 20 heavy (non-hydrogen) atoms. The highest BCUT2D eigenvalue weighted by Crippen LogP contribution is 2.39. The van der Waals surface area contributed by atoms with Gasteiger partial charge in [-0.1, -0.05) is 27.5 Å². The first kappa shape index (κ1) is 13.5. The van der Waals surface area contributed by atoms with Crippen molar-refractivity contribution in [2.45, 2.75) is 6.54 Å². The second kappa shape index (κ2) is 5.50. The van der Waals surface area contributed by atoms with Crippen molar-refractivity contribution in [2.75, 3.05) is 12.1 Å². The zero-order valence-corrected chi connectivity index (χ0v) is 12.6. The van der Waals surface area contributed by atoms with E-state index < -0.39 is 0 Å². The molecule has 0 atom stereocenters. The van der Waals surface area contributed by atoms with Gasteiger partial charge in [0.15, 0.2) is 11.5 Å². The van der Waals surface area contributed by atoms with Crippen LogP contribution in [0.5, 0.6) is 11.5 Å². The highest BCUT2D eigenvalue weighted by molar-refractivity contribution is 9.10. The van der Waals surface area contributed by atoms with E-state index in [1.807, 2.05) is 0 Å². The lowest BCUT2D eigenvalue weighted by atomic mass is 10.2. The molecule has 3 nitrogen and oxygen atoms in total. The van der Waals surface area contributed by atoms with Crippen LogP contribution in [0.1, 0.15) is 5.56 Å². The number of rotatable bonds is 3. The maximum atomic E-state index is 13.7. The van der Waals surface area contributed by atoms with Crippen molar-refractivity contribution in [1.82, 2.24) is 0 Å². The van der Waals surface area contributed by atoms with E-state index in [1.54, 1.807) is 24.3 Å². The van der Waals surface area contributed by atoms with Crippen LogP contribution >= 0.6 is 27.5 Å². The van der Waals surface area contributed by atoms with Crippen LogP contribution in [0, 0.1) is 5.82 Å². The summed E-state index contributed by atoms with van der Waals surface area (Å²) in [5.41, 5.74) is 1.23. The zero-order chi connectivity index (χ0) is 14.1. The van der Waals surface area contributed by atoms with Gasteiger partial charge < -0.3 is 14.8 Å². The minimum atomic E-state index is -0.266. The van der Waals surface area contributed by atoms with E-state index in [2.05, 4.69) is 21.2 Å². The molecule has 3 rings (SSSR count). The summed E-state index contributed by atoms with van der Waals surface area (Å²) in [5, 5.41) is 3.60. The van der Waals surface area contributed by atoms with Crippen molar-refractivity contribution < 1.29 is 13.9 Å². The van der Waals surface area contributed by atoms with Crippen LogP contribution in [-0.4, -0.2) is 6.79 Å². The average Bonchev–Trinajstić information content (AvgIpc) is 2.86. The van der Waals surface area contributed by atoms with Crippen LogP contribution in [0.15, 0.2) is 34.8 Å². The monoisotopic (exact) mass is 357 g/mol. The van der Waals surface area contributed by atoms with E-state index in [1.165, 1.54) is 6.07 Å². The molecule has 0 unspecified atom stereocenters. The van der Waals surface area contributed by atoms with Gasteiger partial charge in [0, 0.05) is 28.7 Å². The van der Waals surface area contributed by atoms with Gasteiger partial charge in [0.2, 0.25) is 6.79 Å². The number of benzene rings is 2. The predicted octanol–water partition coefficient (Wildman–Crippen LogP) is 4.58. The summed E-state index contributed by atoms with van der Waals surface area (Å²) in [6, 6.07) is 8.24. The van der Waals surface area contributed by atoms with Gasteiger partial charge in [-0.25, -0.2) is 4.39 Å². The molecule has 1 aliphatic rings. The largest absolute Gasteiger partial charge is 0.454 e. The van der Waals surface area contributed by atoms with Crippen LogP contribution < -0.4 is 14.8 Å². The first-order valence-corrected chi connectivity index (χ1v) is 7.07. The minimum absolute atomic E-state index is 0.190. The topological polar surface area (TPSA) is 30.5 Å². The number of ether oxygens (including phenoxy) is 2. The lowest BCUT2D eigenvalue weighted by molar-refractivity contribution is 0.174. The Kier molecular flexibility index (Phi) is 3.72. The molecule has 0 fully saturated rings. The van der Waals surface area contributed by atoms with Gasteiger partial charge in [-0.15, -0.1) is 0 Å². The predicted molar refractivity (Wildman–Crippen MR) is 79.0 cm³/mol. The van der Waals surface area contributed by atoms with E-state index in [-0.39, 0.29) is 12.6 Å². The molecule has 2 aromatic carbocycles. The van der Waals surface area contributed by atoms with Crippen LogP contribution in [0.4, 0.5) is 10.1 Å². The maximum absolute atomic E-state index is 13.7. The van der Waals surface area contributed by atoms with Gasteiger partial charge in [-0.2, -0.15) is 0 Å². The lowest BCUT2D eigenvalue weighted by Crippen LogP contribution is -2.02. The Labute approximate surface area is 128 Å². The summed E-state index contributed by atoms with van der Waals surface area (Å²) in [4.78, 5) is 0. The Bertz CT molecular complexity index is 666. The van der Waals surface area contributed by atoms with Crippen molar-refractivity contribution in [1.29, 1.82) is 0 Å². The van der Waals surface area contributed by atoms with Crippen molar-refractivity contribution in [3.05, 3.63) is 51.2 Å². The summed E-state index contributed by atoms with van der Waals surface area (Å²) in [6.07, 6.45) is 0. The third-order valence-corrected chi connectivity index (χ3v) is 3.75. The van der Waals surface area contributed by atoms with E-state index in [9.17, 15) is 4.39 Å². The molecule has 104 valence electrons. The number of nitrogens with one attached hydrogen (secondary N) is 1. The van der Waals surface area contributed by atoms with Crippen molar-refractivity contribution in [2.24, 2.45) is 0 Å². The summed E-state index contributed by atoms with van der Waals surface area (Å²) in [7, 11) is 0. The molecule has 0 spiro atoms. The molecule has 0 saturated heterocycles.